The van der Waals surface area contributed by atoms with Crippen LogP contribution in [0.1, 0.15) is 13.3 Å². The Labute approximate surface area is 118 Å². The molecule has 1 aliphatic rings. The van der Waals surface area contributed by atoms with Crippen LogP contribution < -0.4 is 5.32 Å². The van der Waals surface area contributed by atoms with E-state index in [0.29, 0.717) is 13.0 Å². The molecule has 0 spiro atoms. The number of alkyl carbamates (subject to hydrolysis) is 1. The zero-order valence-electron chi connectivity index (χ0n) is 12.1. The van der Waals surface area contributed by atoms with Crippen LogP contribution in [0, 0.1) is 5.92 Å². The van der Waals surface area contributed by atoms with Crippen LogP contribution in [0.25, 0.3) is 0 Å². The number of nitrogens with one attached hydrogen (secondary N) is 1. The Kier molecular flexibility index (Phi) is 5.52. The maximum atomic E-state index is 11.5. The van der Waals surface area contributed by atoms with Gasteiger partial charge in [0, 0.05) is 19.6 Å². The molecule has 0 unspecified atom stereocenters. The van der Waals surface area contributed by atoms with Gasteiger partial charge in [0.05, 0.1) is 19.3 Å². The van der Waals surface area contributed by atoms with Crippen molar-refractivity contribution in [2.24, 2.45) is 5.92 Å². The summed E-state index contributed by atoms with van der Waals surface area (Å²) in [5.41, 5.74) is -2.73. The quantitative estimate of drug-likeness (QED) is 0.617. The Bertz CT molecular complexity index is 359. The third kappa shape index (κ3) is 2.95. The zero-order valence-corrected chi connectivity index (χ0v) is 12.1. The maximum absolute atomic E-state index is 11.5. The minimum atomic E-state index is -1.47. The molecule has 20 heavy (non-hydrogen) atoms. The van der Waals surface area contributed by atoms with Crippen molar-refractivity contribution in [1.82, 2.24) is 5.32 Å². The first-order chi connectivity index (χ1) is 9.34. The molecule has 0 aliphatic carbocycles. The van der Waals surface area contributed by atoms with Crippen LogP contribution in [0.15, 0.2) is 12.7 Å². The lowest BCUT2D eigenvalue weighted by atomic mass is 9.69. The molecule has 0 aromatic carbocycles. The molecule has 0 radical (unpaired) electrons. The van der Waals surface area contributed by atoms with Crippen molar-refractivity contribution in [2.75, 3.05) is 27.4 Å². The predicted molar refractivity (Wildman–Crippen MR) is 71.0 cm³/mol. The smallest absolute Gasteiger partial charge is 0.407 e. The predicted octanol–water partition coefficient (Wildman–Crippen LogP) is 0.0195. The Balaban J connectivity index is 3.05. The summed E-state index contributed by atoms with van der Waals surface area (Å²) in [7, 11) is 2.75. The average molecular weight is 289 g/mol. The molecule has 0 bridgehead atoms. The second-order valence-corrected chi connectivity index (χ2v) is 5.03. The molecule has 1 rings (SSSR count). The van der Waals surface area contributed by atoms with Crippen LogP contribution in [0.2, 0.25) is 0 Å². The molecule has 0 aromatic heterocycles. The molecular formula is C13H23NO6. The van der Waals surface area contributed by atoms with Gasteiger partial charge in [-0.3, -0.25) is 0 Å². The third-order valence-corrected chi connectivity index (χ3v) is 3.94. The van der Waals surface area contributed by atoms with E-state index in [9.17, 15) is 15.0 Å². The minimum absolute atomic E-state index is 0.108. The zero-order chi connectivity index (χ0) is 15.4. The summed E-state index contributed by atoms with van der Waals surface area (Å²) >= 11 is 0. The molecule has 7 nitrogen and oxygen atoms in total. The largest absolute Gasteiger partial charge is 0.453 e. The molecule has 1 saturated heterocycles. The van der Waals surface area contributed by atoms with E-state index in [-0.39, 0.29) is 6.61 Å². The number of aliphatic hydroxyl groups excluding tert-OH is 1. The summed E-state index contributed by atoms with van der Waals surface area (Å²) in [6, 6.07) is 0. The van der Waals surface area contributed by atoms with E-state index in [1.54, 1.807) is 0 Å². The molecular weight excluding hydrogens is 266 g/mol. The van der Waals surface area contributed by atoms with Crippen molar-refractivity contribution in [3.05, 3.63) is 12.7 Å². The summed E-state index contributed by atoms with van der Waals surface area (Å²) in [5.74, 6) is -0.647. The van der Waals surface area contributed by atoms with Gasteiger partial charge < -0.3 is 29.7 Å². The molecule has 1 fully saturated rings. The highest BCUT2D eigenvalue weighted by atomic mass is 16.6. The fourth-order valence-corrected chi connectivity index (χ4v) is 2.47. The molecule has 3 N–H and O–H groups in total. The number of carbonyl (C=O) groups excluding carboxylic acids is 1. The van der Waals surface area contributed by atoms with E-state index in [0.717, 1.165) is 0 Å². The van der Waals surface area contributed by atoms with Gasteiger partial charge in [-0.2, -0.15) is 0 Å². The molecule has 0 saturated carbocycles. The van der Waals surface area contributed by atoms with E-state index < -0.39 is 29.4 Å². The monoisotopic (exact) mass is 289 g/mol. The Hall–Kier alpha value is -1.15. The highest BCUT2D eigenvalue weighted by Gasteiger charge is 2.57. The number of carbonyl (C=O) groups is 1. The van der Waals surface area contributed by atoms with Gasteiger partial charge in [-0.1, -0.05) is 6.08 Å². The highest BCUT2D eigenvalue weighted by molar-refractivity contribution is 5.69. The average Bonchev–Trinajstić information content (AvgIpc) is 2.41. The van der Waals surface area contributed by atoms with Crippen LogP contribution in [-0.4, -0.2) is 61.2 Å². The number of hydrogen-bond donors (Lipinski definition) is 3. The topological polar surface area (TPSA) is 97.3 Å². The van der Waals surface area contributed by atoms with Crippen molar-refractivity contribution in [3.63, 3.8) is 0 Å². The first kappa shape index (κ1) is 16.9. The van der Waals surface area contributed by atoms with Crippen LogP contribution >= 0.6 is 0 Å². The number of methoxy groups -OCH3 is 2. The van der Waals surface area contributed by atoms with Crippen LogP contribution in [0.3, 0.4) is 0 Å². The van der Waals surface area contributed by atoms with Crippen LogP contribution in [-0.2, 0) is 14.2 Å². The van der Waals surface area contributed by atoms with Gasteiger partial charge in [-0.05, 0) is 13.3 Å². The fraction of sp³-hybridized carbons (Fsp3) is 0.769. The number of amides is 1. The van der Waals surface area contributed by atoms with E-state index in [2.05, 4.69) is 16.6 Å². The summed E-state index contributed by atoms with van der Waals surface area (Å²) in [6.45, 7) is 5.41. The maximum Gasteiger partial charge on any atom is 0.407 e. The molecule has 7 heteroatoms. The van der Waals surface area contributed by atoms with Gasteiger partial charge in [0.2, 0.25) is 0 Å². The Morgan fingerprint density at radius 3 is 2.75 bits per heavy atom. The highest BCUT2D eigenvalue weighted by Crippen LogP contribution is 2.40. The van der Waals surface area contributed by atoms with Gasteiger partial charge in [0.15, 0.2) is 6.29 Å². The van der Waals surface area contributed by atoms with Gasteiger partial charge in [-0.25, -0.2) is 4.79 Å². The SMILES string of the molecule is C=C[C@]1(NC(=O)OC)CO[C@H](O)[C@H](CCOC)[C@]1(C)O. The molecule has 1 heterocycles. The Morgan fingerprint density at radius 2 is 2.25 bits per heavy atom. The van der Waals surface area contributed by atoms with E-state index in [4.69, 9.17) is 9.47 Å². The van der Waals surface area contributed by atoms with E-state index in [1.807, 2.05) is 0 Å². The molecule has 1 aliphatic heterocycles. The molecule has 4 atom stereocenters. The van der Waals surface area contributed by atoms with Crippen molar-refractivity contribution in [1.29, 1.82) is 0 Å². The lowest BCUT2D eigenvalue weighted by Crippen LogP contribution is -2.72. The van der Waals surface area contributed by atoms with Crippen molar-refractivity contribution in [2.45, 2.75) is 30.8 Å². The van der Waals surface area contributed by atoms with Crippen molar-refractivity contribution >= 4 is 6.09 Å². The van der Waals surface area contributed by atoms with Gasteiger partial charge in [0.1, 0.15) is 5.54 Å². The first-order valence-corrected chi connectivity index (χ1v) is 6.35. The minimum Gasteiger partial charge on any atom is -0.453 e. The van der Waals surface area contributed by atoms with Crippen LogP contribution in [0.5, 0.6) is 0 Å². The normalized spacial score (nSPS) is 37.2. The van der Waals surface area contributed by atoms with Gasteiger partial charge in [0.25, 0.3) is 0 Å². The first-order valence-electron chi connectivity index (χ1n) is 6.35. The second-order valence-electron chi connectivity index (χ2n) is 5.03. The lowest BCUT2D eigenvalue weighted by Gasteiger charge is -2.52. The van der Waals surface area contributed by atoms with Crippen molar-refractivity contribution in [3.8, 4) is 0 Å². The summed E-state index contributed by atoms with van der Waals surface area (Å²) < 4.78 is 14.8. The molecule has 0 aromatic rings. The number of rotatable bonds is 5. The van der Waals surface area contributed by atoms with Gasteiger partial charge >= 0.3 is 6.09 Å². The fourth-order valence-electron chi connectivity index (χ4n) is 2.47. The summed E-state index contributed by atoms with van der Waals surface area (Å²) in [5, 5.41) is 23.3. The molecule has 1 amide bonds. The number of hydrogen-bond acceptors (Lipinski definition) is 6. The second kappa shape index (κ2) is 6.53. The van der Waals surface area contributed by atoms with E-state index in [1.165, 1.54) is 27.2 Å². The van der Waals surface area contributed by atoms with E-state index >= 15 is 0 Å². The molecule has 116 valence electrons. The number of ether oxygens (including phenoxy) is 3. The standard InChI is InChI=1S/C13H23NO6/c1-5-13(14-11(16)19-4)8-20-10(15)9(6-7-18-3)12(13,2)17/h5,9-10,15,17H,1,6-8H2,2-4H3,(H,14,16)/t9-,10-,12-,13-/m0/s1. The summed E-state index contributed by atoms with van der Waals surface area (Å²) in [6.07, 6.45) is -0.0954. The number of aliphatic hydroxyl groups is 2. The van der Waals surface area contributed by atoms with Crippen LogP contribution in [0.4, 0.5) is 4.79 Å². The summed E-state index contributed by atoms with van der Waals surface area (Å²) in [4.78, 5) is 11.5. The van der Waals surface area contributed by atoms with Crippen molar-refractivity contribution < 1.29 is 29.2 Å². The Morgan fingerprint density at radius 1 is 1.60 bits per heavy atom. The van der Waals surface area contributed by atoms with Gasteiger partial charge in [-0.15, -0.1) is 6.58 Å². The lowest BCUT2D eigenvalue weighted by molar-refractivity contribution is -0.254. The third-order valence-electron chi connectivity index (χ3n) is 3.94.